The number of nitrogens with one attached hydrogen (secondary N) is 1. The van der Waals surface area contributed by atoms with Gasteiger partial charge in [0.15, 0.2) is 5.96 Å². The lowest BCUT2D eigenvalue weighted by Crippen LogP contribution is -2.45. The third-order valence-corrected chi connectivity index (χ3v) is 2.35. The topological polar surface area (TPSA) is 59.6 Å². The Bertz CT molecular complexity index is 435. The highest BCUT2D eigenvalue weighted by Gasteiger charge is 2.10. The molecule has 1 rings (SSSR count). The van der Waals surface area contributed by atoms with Crippen molar-refractivity contribution in [3.05, 3.63) is 29.8 Å². The zero-order valence-electron chi connectivity index (χ0n) is 12.5. The summed E-state index contributed by atoms with van der Waals surface area (Å²) in [4.78, 5) is 4.29. The van der Waals surface area contributed by atoms with Crippen LogP contribution in [0.3, 0.4) is 0 Å². The Kier molecular flexibility index (Phi) is 5.21. The summed E-state index contributed by atoms with van der Waals surface area (Å²) in [6, 6.07) is 7.98. The van der Waals surface area contributed by atoms with Gasteiger partial charge in [-0.05, 0) is 52.3 Å². The van der Waals surface area contributed by atoms with Crippen LogP contribution in [-0.4, -0.2) is 24.1 Å². The fourth-order valence-electron chi connectivity index (χ4n) is 1.61. The summed E-state index contributed by atoms with van der Waals surface area (Å²) in [5.41, 5.74) is 6.92. The molecule has 0 aliphatic heterocycles. The normalized spacial score (nSPS) is 14.1. The quantitative estimate of drug-likeness (QED) is 0.648. The molecule has 0 aliphatic rings. The lowest BCUT2D eigenvalue weighted by Gasteiger charge is -2.21. The largest absolute Gasteiger partial charge is 0.489 e. The average Bonchev–Trinajstić information content (AvgIpc) is 2.24. The van der Waals surface area contributed by atoms with Gasteiger partial charge in [-0.25, -0.2) is 4.99 Å². The summed E-state index contributed by atoms with van der Waals surface area (Å²) in [6.45, 7) is 10.7. The first-order chi connectivity index (χ1) is 8.76. The number of aliphatic imine (C=N–C) groups is 1. The monoisotopic (exact) mass is 263 g/mol. The molecule has 0 aliphatic carbocycles. The number of nitrogens with zero attached hydrogens (tertiary/aromatic N) is 1. The third kappa shape index (κ3) is 6.70. The Hall–Kier alpha value is -1.71. The zero-order chi connectivity index (χ0) is 14.5. The van der Waals surface area contributed by atoms with Gasteiger partial charge in [0.2, 0.25) is 0 Å². The molecule has 4 heteroatoms. The van der Waals surface area contributed by atoms with Crippen molar-refractivity contribution in [1.29, 1.82) is 0 Å². The molecule has 4 nitrogen and oxygen atoms in total. The van der Waals surface area contributed by atoms with Gasteiger partial charge in [0.25, 0.3) is 0 Å². The third-order valence-electron chi connectivity index (χ3n) is 2.35. The van der Waals surface area contributed by atoms with Crippen LogP contribution in [0.1, 0.15) is 33.3 Å². The van der Waals surface area contributed by atoms with Crippen LogP contribution in [0.4, 0.5) is 0 Å². The minimum Gasteiger partial charge on any atom is -0.489 e. The van der Waals surface area contributed by atoms with E-state index in [2.05, 4.69) is 10.3 Å². The molecule has 19 heavy (non-hydrogen) atoms. The van der Waals surface area contributed by atoms with E-state index >= 15 is 0 Å². The molecule has 0 heterocycles. The second kappa shape index (κ2) is 6.45. The SMILES string of the molecule is Cc1cccc(OC(C)CN=C(N)NC(C)(C)C)c1. The fourth-order valence-corrected chi connectivity index (χ4v) is 1.61. The Morgan fingerprint density at radius 3 is 2.68 bits per heavy atom. The van der Waals surface area contributed by atoms with Crippen molar-refractivity contribution >= 4 is 5.96 Å². The van der Waals surface area contributed by atoms with Crippen molar-refractivity contribution in [2.75, 3.05) is 6.54 Å². The van der Waals surface area contributed by atoms with Crippen LogP contribution in [0, 0.1) is 6.92 Å². The molecule has 3 N–H and O–H groups in total. The summed E-state index contributed by atoms with van der Waals surface area (Å²) in [5.74, 6) is 1.32. The van der Waals surface area contributed by atoms with E-state index in [0.29, 0.717) is 12.5 Å². The van der Waals surface area contributed by atoms with Gasteiger partial charge in [0, 0.05) is 5.54 Å². The lowest BCUT2D eigenvalue weighted by molar-refractivity contribution is 0.230. The molecular weight excluding hydrogens is 238 g/mol. The van der Waals surface area contributed by atoms with Crippen molar-refractivity contribution < 1.29 is 4.74 Å². The first kappa shape index (κ1) is 15.3. The molecule has 0 saturated heterocycles. The molecular formula is C15H25N3O. The van der Waals surface area contributed by atoms with Crippen molar-refractivity contribution in [3.8, 4) is 5.75 Å². The van der Waals surface area contributed by atoms with E-state index < -0.39 is 0 Å². The Labute approximate surface area is 116 Å². The molecule has 1 aromatic carbocycles. The smallest absolute Gasteiger partial charge is 0.189 e. The zero-order valence-corrected chi connectivity index (χ0v) is 12.5. The van der Waals surface area contributed by atoms with Gasteiger partial charge in [-0.2, -0.15) is 0 Å². The number of hydrogen-bond acceptors (Lipinski definition) is 2. The van der Waals surface area contributed by atoms with E-state index in [1.165, 1.54) is 5.56 Å². The fraction of sp³-hybridized carbons (Fsp3) is 0.533. The van der Waals surface area contributed by atoms with Gasteiger partial charge in [-0.3, -0.25) is 0 Å². The summed E-state index contributed by atoms with van der Waals surface area (Å²) in [6.07, 6.45) is -0.0119. The predicted molar refractivity (Wildman–Crippen MR) is 80.6 cm³/mol. The van der Waals surface area contributed by atoms with E-state index in [9.17, 15) is 0 Å². The maximum absolute atomic E-state index is 5.81. The molecule has 0 saturated carbocycles. The molecule has 1 unspecified atom stereocenters. The van der Waals surface area contributed by atoms with Crippen LogP contribution in [0.5, 0.6) is 5.75 Å². The minimum absolute atomic E-state index is 0.0119. The van der Waals surface area contributed by atoms with Crippen LogP contribution >= 0.6 is 0 Å². The van der Waals surface area contributed by atoms with Gasteiger partial charge in [0.1, 0.15) is 11.9 Å². The molecule has 0 spiro atoms. The molecule has 0 fully saturated rings. The van der Waals surface area contributed by atoms with Crippen molar-refractivity contribution in [3.63, 3.8) is 0 Å². The van der Waals surface area contributed by atoms with E-state index in [4.69, 9.17) is 10.5 Å². The summed E-state index contributed by atoms with van der Waals surface area (Å²) in [5, 5.41) is 3.12. The Morgan fingerprint density at radius 1 is 1.42 bits per heavy atom. The first-order valence-electron chi connectivity index (χ1n) is 6.58. The number of hydrogen-bond donors (Lipinski definition) is 2. The van der Waals surface area contributed by atoms with Crippen LogP contribution in [0.2, 0.25) is 0 Å². The molecule has 0 amide bonds. The van der Waals surface area contributed by atoms with E-state index in [0.717, 1.165) is 5.75 Å². The molecule has 1 atom stereocenters. The lowest BCUT2D eigenvalue weighted by atomic mass is 10.1. The van der Waals surface area contributed by atoms with E-state index in [1.807, 2.05) is 58.9 Å². The number of ether oxygens (including phenoxy) is 1. The predicted octanol–water partition coefficient (Wildman–Crippen LogP) is 2.47. The Morgan fingerprint density at radius 2 is 2.11 bits per heavy atom. The van der Waals surface area contributed by atoms with Crippen LogP contribution in [-0.2, 0) is 0 Å². The van der Waals surface area contributed by atoms with Crippen LogP contribution < -0.4 is 15.8 Å². The van der Waals surface area contributed by atoms with Crippen LogP contribution in [0.15, 0.2) is 29.3 Å². The van der Waals surface area contributed by atoms with Gasteiger partial charge in [-0.1, -0.05) is 12.1 Å². The molecule has 1 aromatic rings. The molecule has 0 radical (unpaired) electrons. The van der Waals surface area contributed by atoms with Gasteiger partial charge >= 0.3 is 0 Å². The Balaban J connectivity index is 2.47. The van der Waals surface area contributed by atoms with Crippen molar-refractivity contribution in [2.45, 2.75) is 46.3 Å². The maximum atomic E-state index is 5.81. The number of rotatable bonds is 4. The second-order valence-electron chi connectivity index (χ2n) is 5.85. The number of benzene rings is 1. The molecule has 0 bridgehead atoms. The van der Waals surface area contributed by atoms with Gasteiger partial charge < -0.3 is 15.8 Å². The second-order valence-corrected chi connectivity index (χ2v) is 5.85. The standard InChI is InChI=1S/C15H25N3O/c1-11-7-6-8-13(9-11)19-12(2)10-17-14(16)18-15(3,4)5/h6-9,12H,10H2,1-5H3,(H3,16,17,18). The van der Waals surface area contributed by atoms with E-state index in [-0.39, 0.29) is 11.6 Å². The highest BCUT2D eigenvalue weighted by Crippen LogP contribution is 2.14. The van der Waals surface area contributed by atoms with Crippen LogP contribution in [0.25, 0.3) is 0 Å². The summed E-state index contributed by atoms with van der Waals surface area (Å²) < 4.78 is 5.79. The molecule has 106 valence electrons. The van der Waals surface area contributed by atoms with Crippen molar-refractivity contribution in [1.82, 2.24) is 5.32 Å². The molecule has 0 aromatic heterocycles. The number of guanidine groups is 1. The summed E-state index contributed by atoms with van der Waals surface area (Å²) >= 11 is 0. The number of aryl methyl sites for hydroxylation is 1. The maximum Gasteiger partial charge on any atom is 0.189 e. The highest BCUT2D eigenvalue weighted by molar-refractivity contribution is 5.78. The van der Waals surface area contributed by atoms with Crippen molar-refractivity contribution in [2.24, 2.45) is 10.7 Å². The van der Waals surface area contributed by atoms with Gasteiger partial charge in [0.05, 0.1) is 6.54 Å². The summed E-state index contributed by atoms with van der Waals surface area (Å²) in [7, 11) is 0. The highest BCUT2D eigenvalue weighted by atomic mass is 16.5. The average molecular weight is 263 g/mol. The van der Waals surface area contributed by atoms with Gasteiger partial charge in [-0.15, -0.1) is 0 Å². The van der Waals surface area contributed by atoms with E-state index in [1.54, 1.807) is 0 Å². The first-order valence-corrected chi connectivity index (χ1v) is 6.58. The minimum atomic E-state index is -0.0752. The number of nitrogens with two attached hydrogens (primary N) is 1.